The number of hydrogen-bond donors (Lipinski definition) is 1. The first kappa shape index (κ1) is 14.0. The highest BCUT2D eigenvalue weighted by Crippen LogP contribution is 2.19. The Kier molecular flexibility index (Phi) is 5.30. The molecule has 4 nitrogen and oxygen atoms in total. The molecule has 2 aromatic rings. The molecule has 0 saturated carbocycles. The molecule has 2 rings (SSSR count). The van der Waals surface area contributed by atoms with Crippen molar-refractivity contribution in [2.75, 3.05) is 11.9 Å². The zero-order chi connectivity index (χ0) is 13.5. The number of benzene rings is 1. The van der Waals surface area contributed by atoms with Crippen molar-refractivity contribution < 1.29 is 4.74 Å². The van der Waals surface area contributed by atoms with Gasteiger partial charge in [0.1, 0.15) is 12.1 Å². The number of anilines is 1. The van der Waals surface area contributed by atoms with E-state index in [2.05, 4.69) is 43.3 Å². The number of nitrogens with one attached hydrogen (secondary N) is 1. The van der Waals surface area contributed by atoms with Crippen LogP contribution in [0.2, 0.25) is 0 Å². The summed E-state index contributed by atoms with van der Waals surface area (Å²) in [5, 5.41) is 3.29. The lowest BCUT2D eigenvalue weighted by Crippen LogP contribution is -2.06. The molecule has 1 heterocycles. The lowest BCUT2D eigenvalue weighted by Gasteiger charge is -2.11. The number of ether oxygens (including phenoxy) is 1. The number of halogens is 1. The predicted octanol–water partition coefficient (Wildman–Crippen LogP) is 3.39. The van der Waals surface area contributed by atoms with E-state index in [4.69, 9.17) is 4.74 Å². The Balaban J connectivity index is 2.05. The summed E-state index contributed by atoms with van der Waals surface area (Å²) in [6.07, 6.45) is 3.25. The third-order valence-electron chi connectivity index (χ3n) is 2.69. The highest BCUT2D eigenvalue weighted by Gasteiger charge is 2.04. The van der Waals surface area contributed by atoms with Gasteiger partial charge in [0.25, 0.3) is 0 Å². The minimum absolute atomic E-state index is 0.638. The van der Waals surface area contributed by atoms with E-state index in [1.165, 1.54) is 17.5 Å². The van der Waals surface area contributed by atoms with Crippen molar-refractivity contribution in [3.63, 3.8) is 0 Å². The molecule has 1 N–H and O–H groups in total. The molecule has 0 atom stereocenters. The molecule has 0 fully saturated rings. The molecule has 0 aliphatic heterocycles. The second-order valence-electron chi connectivity index (χ2n) is 3.98. The summed E-state index contributed by atoms with van der Waals surface area (Å²) in [5.74, 6) is 0.793. The minimum atomic E-state index is 0.638. The van der Waals surface area contributed by atoms with Gasteiger partial charge in [-0.05, 0) is 34.0 Å². The van der Waals surface area contributed by atoms with Gasteiger partial charge in [-0.3, -0.25) is 0 Å². The fourth-order valence-electron chi connectivity index (χ4n) is 1.70. The van der Waals surface area contributed by atoms with Crippen LogP contribution in [0.3, 0.4) is 0 Å². The highest BCUT2D eigenvalue weighted by molar-refractivity contribution is 9.10. The molecule has 0 unspecified atom stereocenters. The van der Waals surface area contributed by atoms with Gasteiger partial charge < -0.3 is 10.1 Å². The molecule has 1 aromatic carbocycles. The van der Waals surface area contributed by atoms with E-state index >= 15 is 0 Å². The van der Waals surface area contributed by atoms with E-state index in [-0.39, 0.29) is 0 Å². The quantitative estimate of drug-likeness (QED) is 0.886. The molecule has 0 radical (unpaired) electrons. The summed E-state index contributed by atoms with van der Waals surface area (Å²) in [5.41, 5.74) is 2.41. The third kappa shape index (κ3) is 4.01. The summed E-state index contributed by atoms with van der Waals surface area (Å²) in [6, 6.07) is 8.23. The summed E-state index contributed by atoms with van der Waals surface area (Å²) < 4.78 is 6.33. The van der Waals surface area contributed by atoms with Crippen LogP contribution >= 0.6 is 15.9 Å². The van der Waals surface area contributed by atoms with Crippen LogP contribution < -0.4 is 5.32 Å². The largest absolute Gasteiger partial charge is 0.377 e. The smallest absolute Gasteiger partial charge is 0.144 e. The van der Waals surface area contributed by atoms with Gasteiger partial charge in [0, 0.05) is 19.3 Å². The predicted molar refractivity (Wildman–Crippen MR) is 78.8 cm³/mol. The molecule has 0 aliphatic rings. The Morgan fingerprint density at radius 3 is 2.79 bits per heavy atom. The second-order valence-corrected chi connectivity index (χ2v) is 4.83. The van der Waals surface area contributed by atoms with Crippen LogP contribution in [0.15, 0.2) is 41.3 Å². The van der Waals surface area contributed by atoms with Gasteiger partial charge in [0.05, 0.1) is 11.1 Å². The van der Waals surface area contributed by atoms with E-state index < -0.39 is 0 Å². The lowest BCUT2D eigenvalue weighted by molar-refractivity contribution is 0.133. The molecular formula is C14H16BrN3O. The van der Waals surface area contributed by atoms with Gasteiger partial charge in [-0.2, -0.15) is 0 Å². The Morgan fingerprint density at radius 1 is 1.26 bits per heavy atom. The standard InChI is InChI=1S/C14H16BrN3O/c1-2-19-9-12-6-4-3-5-11(12)7-17-14-13(15)8-16-10-18-14/h3-6,8,10H,2,7,9H2,1H3,(H,16,17,18). The molecule has 19 heavy (non-hydrogen) atoms. The van der Waals surface area contributed by atoms with Crippen LogP contribution in [0.1, 0.15) is 18.1 Å². The molecule has 1 aromatic heterocycles. The molecule has 5 heteroatoms. The monoisotopic (exact) mass is 321 g/mol. The van der Waals surface area contributed by atoms with Gasteiger partial charge in [0.2, 0.25) is 0 Å². The van der Waals surface area contributed by atoms with Gasteiger partial charge in [-0.1, -0.05) is 24.3 Å². The molecule has 0 amide bonds. The normalized spacial score (nSPS) is 10.4. The van der Waals surface area contributed by atoms with Gasteiger partial charge in [-0.25, -0.2) is 9.97 Å². The van der Waals surface area contributed by atoms with E-state index in [1.807, 2.05) is 19.1 Å². The molecule has 0 spiro atoms. The maximum atomic E-state index is 5.47. The van der Waals surface area contributed by atoms with Crippen LogP contribution in [0, 0.1) is 0 Å². The first-order valence-electron chi connectivity index (χ1n) is 6.15. The SMILES string of the molecule is CCOCc1ccccc1CNc1ncncc1Br. The number of nitrogens with zero attached hydrogens (tertiary/aromatic N) is 2. The van der Waals surface area contributed by atoms with Crippen LogP contribution in [0.25, 0.3) is 0 Å². The van der Waals surface area contributed by atoms with Crippen molar-refractivity contribution in [1.29, 1.82) is 0 Å². The average Bonchev–Trinajstić information content (AvgIpc) is 2.45. The number of hydrogen-bond acceptors (Lipinski definition) is 4. The van der Waals surface area contributed by atoms with E-state index in [0.717, 1.165) is 16.9 Å². The zero-order valence-corrected chi connectivity index (χ0v) is 12.4. The Labute approximate surface area is 121 Å². The zero-order valence-electron chi connectivity index (χ0n) is 10.8. The second kappa shape index (κ2) is 7.21. The Hall–Kier alpha value is -1.46. The third-order valence-corrected chi connectivity index (χ3v) is 3.27. The average molecular weight is 322 g/mol. The summed E-state index contributed by atoms with van der Waals surface area (Å²) in [4.78, 5) is 8.12. The summed E-state index contributed by atoms with van der Waals surface area (Å²) in [7, 11) is 0. The van der Waals surface area contributed by atoms with Gasteiger partial charge >= 0.3 is 0 Å². The van der Waals surface area contributed by atoms with Crippen LogP contribution in [0.4, 0.5) is 5.82 Å². The van der Waals surface area contributed by atoms with Crippen molar-refractivity contribution in [3.8, 4) is 0 Å². The van der Waals surface area contributed by atoms with Gasteiger partial charge in [0.15, 0.2) is 0 Å². The van der Waals surface area contributed by atoms with Crippen LogP contribution in [-0.2, 0) is 17.9 Å². The van der Waals surface area contributed by atoms with Gasteiger partial charge in [-0.15, -0.1) is 0 Å². The Bertz CT molecular complexity index is 534. The first-order valence-corrected chi connectivity index (χ1v) is 6.94. The molecule has 0 aliphatic carbocycles. The highest BCUT2D eigenvalue weighted by atomic mass is 79.9. The summed E-state index contributed by atoms with van der Waals surface area (Å²) in [6.45, 7) is 4.07. The minimum Gasteiger partial charge on any atom is -0.377 e. The van der Waals surface area contributed by atoms with E-state index in [0.29, 0.717) is 13.2 Å². The van der Waals surface area contributed by atoms with Crippen molar-refractivity contribution in [2.45, 2.75) is 20.1 Å². The maximum absolute atomic E-state index is 5.47. The Morgan fingerprint density at radius 2 is 2.05 bits per heavy atom. The fraction of sp³-hybridized carbons (Fsp3) is 0.286. The van der Waals surface area contributed by atoms with Crippen molar-refractivity contribution in [3.05, 3.63) is 52.4 Å². The summed E-state index contributed by atoms with van der Waals surface area (Å²) >= 11 is 3.42. The van der Waals surface area contributed by atoms with E-state index in [1.54, 1.807) is 6.20 Å². The lowest BCUT2D eigenvalue weighted by atomic mass is 10.1. The van der Waals surface area contributed by atoms with Crippen molar-refractivity contribution >= 4 is 21.7 Å². The van der Waals surface area contributed by atoms with Crippen molar-refractivity contribution in [2.24, 2.45) is 0 Å². The van der Waals surface area contributed by atoms with Crippen LogP contribution in [-0.4, -0.2) is 16.6 Å². The molecule has 100 valence electrons. The fourth-order valence-corrected chi connectivity index (χ4v) is 2.07. The molecule has 0 saturated heterocycles. The van der Waals surface area contributed by atoms with Crippen molar-refractivity contribution in [1.82, 2.24) is 9.97 Å². The maximum Gasteiger partial charge on any atom is 0.144 e. The topological polar surface area (TPSA) is 47.0 Å². The molecular weight excluding hydrogens is 306 g/mol. The van der Waals surface area contributed by atoms with E-state index in [9.17, 15) is 0 Å². The number of rotatable bonds is 6. The molecule has 0 bridgehead atoms. The van der Waals surface area contributed by atoms with Crippen LogP contribution in [0.5, 0.6) is 0 Å². The number of aromatic nitrogens is 2. The first-order chi connectivity index (χ1) is 9.31.